The molecule has 0 aliphatic rings. The third-order valence-corrected chi connectivity index (χ3v) is 3.91. The van der Waals surface area contributed by atoms with Crippen LogP contribution in [0.3, 0.4) is 0 Å². The number of amides is 1. The normalized spacial score (nSPS) is 10.1. The summed E-state index contributed by atoms with van der Waals surface area (Å²) in [5.41, 5.74) is 1.23. The fraction of sp³-hybridized carbons (Fsp3) is 0.278. The van der Waals surface area contributed by atoms with Crippen molar-refractivity contribution in [2.45, 2.75) is 6.54 Å². The maximum atomic E-state index is 12.5. The van der Waals surface area contributed by atoms with Gasteiger partial charge in [-0.15, -0.1) is 0 Å². The molecule has 9 nitrogen and oxygen atoms in total. The summed E-state index contributed by atoms with van der Waals surface area (Å²) < 4.78 is 15.8. The maximum absolute atomic E-state index is 12.5. The molecule has 0 bridgehead atoms. The maximum Gasteiger partial charge on any atom is 0.270 e. The number of hydrogen-bond donors (Lipinski definition) is 2. The van der Waals surface area contributed by atoms with Crippen molar-refractivity contribution in [2.24, 2.45) is 0 Å². The number of carbonyl (C=O) groups is 1. The minimum Gasteiger partial charge on any atom is -0.493 e. The molecule has 0 aliphatic heterocycles. The third-order valence-electron chi connectivity index (χ3n) is 3.91. The van der Waals surface area contributed by atoms with E-state index in [4.69, 9.17) is 14.2 Å². The standard InChI is InChI=1S/C18H21N3O6/c1-19-14-6-5-12(21(23)24)9-13(14)18(22)20-10-11-7-15(25-2)17(27-4)16(8-11)26-3/h5-9,19H,10H2,1-4H3,(H,20,22). The summed E-state index contributed by atoms with van der Waals surface area (Å²) in [6.07, 6.45) is 0. The first kappa shape index (κ1) is 19.8. The summed E-state index contributed by atoms with van der Waals surface area (Å²) in [7, 11) is 6.14. The number of nitro benzene ring substituents is 1. The highest BCUT2D eigenvalue weighted by atomic mass is 16.6. The molecule has 2 rings (SSSR count). The van der Waals surface area contributed by atoms with Crippen LogP contribution < -0.4 is 24.8 Å². The number of ether oxygens (including phenoxy) is 3. The second-order valence-electron chi connectivity index (χ2n) is 5.45. The van der Waals surface area contributed by atoms with Crippen molar-refractivity contribution in [2.75, 3.05) is 33.7 Å². The van der Waals surface area contributed by atoms with Crippen LogP contribution in [-0.4, -0.2) is 39.2 Å². The van der Waals surface area contributed by atoms with E-state index in [2.05, 4.69) is 10.6 Å². The largest absolute Gasteiger partial charge is 0.493 e. The molecule has 27 heavy (non-hydrogen) atoms. The smallest absolute Gasteiger partial charge is 0.270 e. The summed E-state index contributed by atoms with van der Waals surface area (Å²) in [4.78, 5) is 23.0. The molecule has 0 aliphatic carbocycles. The van der Waals surface area contributed by atoms with Crippen molar-refractivity contribution in [1.82, 2.24) is 5.32 Å². The molecule has 0 spiro atoms. The van der Waals surface area contributed by atoms with Gasteiger partial charge in [-0.05, 0) is 23.8 Å². The van der Waals surface area contributed by atoms with Crippen LogP contribution in [0, 0.1) is 10.1 Å². The van der Waals surface area contributed by atoms with Crippen molar-refractivity contribution in [1.29, 1.82) is 0 Å². The van der Waals surface area contributed by atoms with Crippen molar-refractivity contribution < 1.29 is 23.9 Å². The van der Waals surface area contributed by atoms with Crippen LogP contribution in [0.4, 0.5) is 11.4 Å². The van der Waals surface area contributed by atoms with Crippen molar-refractivity contribution in [3.05, 3.63) is 51.6 Å². The molecule has 0 heterocycles. The van der Waals surface area contributed by atoms with E-state index < -0.39 is 10.8 Å². The molecule has 144 valence electrons. The molecule has 1 amide bonds. The van der Waals surface area contributed by atoms with Crippen LogP contribution in [0.15, 0.2) is 30.3 Å². The molecule has 2 aromatic carbocycles. The van der Waals surface area contributed by atoms with Gasteiger partial charge in [0.25, 0.3) is 11.6 Å². The molecule has 0 unspecified atom stereocenters. The van der Waals surface area contributed by atoms with Crippen molar-refractivity contribution in [3.8, 4) is 17.2 Å². The van der Waals surface area contributed by atoms with E-state index in [1.807, 2.05) is 0 Å². The molecule has 2 N–H and O–H groups in total. The van der Waals surface area contributed by atoms with E-state index in [0.29, 0.717) is 28.5 Å². The van der Waals surface area contributed by atoms with Crippen LogP contribution >= 0.6 is 0 Å². The minimum atomic E-state index is -0.546. The number of carbonyl (C=O) groups excluding carboxylic acids is 1. The van der Waals surface area contributed by atoms with Gasteiger partial charge in [-0.25, -0.2) is 0 Å². The average Bonchev–Trinajstić information content (AvgIpc) is 2.70. The lowest BCUT2D eigenvalue weighted by molar-refractivity contribution is -0.384. The predicted molar refractivity (Wildman–Crippen MR) is 99.9 cm³/mol. The van der Waals surface area contributed by atoms with Crippen molar-refractivity contribution in [3.63, 3.8) is 0 Å². The van der Waals surface area contributed by atoms with Crippen LogP contribution in [0.1, 0.15) is 15.9 Å². The predicted octanol–water partition coefficient (Wildman–Crippen LogP) is 2.59. The van der Waals surface area contributed by atoms with E-state index in [1.165, 1.54) is 39.5 Å². The number of rotatable bonds is 8. The lowest BCUT2D eigenvalue weighted by Crippen LogP contribution is -2.24. The van der Waals surface area contributed by atoms with Gasteiger partial charge in [0.1, 0.15) is 0 Å². The lowest BCUT2D eigenvalue weighted by atomic mass is 10.1. The summed E-state index contributed by atoms with van der Waals surface area (Å²) >= 11 is 0. The van der Waals surface area contributed by atoms with E-state index in [1.54, 1.807) is 19.2 Å². The van der Waals surface area contributed by atoms with Gasteiger partial charge in [0.05, 0.1) is 31.8 Å². The lowest BCUT2D eigenvalue weighted by Gasteiger charge is -2.15. The molecular formula is C18H21N3O6. The van der Waals surface area contributed by atoms with Crippen LogP contribution in [0.2, 0.25) is 0 Å². The van der Waals surface area contributed by atoms with E-state index in [0.717, 1.165) is 0 Å². The number of anilines is 1. The summed E-state index contributed by atoms with van der Waals surface area (Å²) in [5.74, 6) is 0.933. The van der Waals surface area contributed by atoms with E-state index >= 15 is 0 Å². The van der Waals surface area contributed by atoms with Gasteiger partial charge in [-0.1, -0.05) is 0 Å². The van der Waals surface area contributed by atoms with Gasteiger partial charge in [-0.2, -0.15) is 0 Å². The Morgan fingerprint density at radius 3 is 2.19 bits per heavy atom. The SMILES string of the molecule is CNc1ccc([N+](=O)[O-])cc1C(=O)NCc1cc(OC)c(OC)c(OC)c1. The van der Waals surface area contributed by atoms with E-state index in [9.17, 15) is 14.9 Å². The zero-order valence-corrected chi connectivity index (χ0v) is 15.5. The molecule has 9 heteroatoms. The number of nitrogens with zero attached hydrogens (tertiary/aromatic N) is 1. The number of benzene rings is 2. The Bertz CT molecular complexity index is 828. The first-order valence-electron chi connectivity index (χ1n) is 7.98. The summed E-state index contributed by atoms with van der Waals surface area (Å²) in [6, 6.07) is 7.49. The number of nitro groups is 1. The Balaban J connectivity index is 2.25. The first-order valence-corrected chi connectivity index (χ1v) is 7.98. The van der Waals surface area contributed by atoms with Crippen LogP contribution in [0.5, 0.6) is 17.2 Å². The molecule has 0 radical (unpaired) electrons. The molecule has 0 saturated carbocycles. The zero-order chi connectivity index (χ0) is 20.0. The van der Waals surface area contributed by atoms with Crippen molar-refractivity contribution >= 4 is 17.3 Å². The number of methoxy groups -OCH3 is 3. The second-order valence-corrected chi connectivity index (χ2v) is 5.45. The molecule has 0 saturated heterocycles. The van der Waals surface area contributed by atoms with Gasteiger partial charge < -0.3 is 24.8 Å². The third kappa shape index (κ3) is 4.38. The van der Waals surface area contributed by atoms with Gasteiger partial charge in [0.2, 0.25) is 5.75 Å². The van der Waals surface area contributed by atoms with Crippen LogP contribution in [-0.2, 0) is 6.54 Å². The first-order chi connectivity index (χ1) is 12.9. The second kappa shape index (κ2) is 8.75. The molecule has 0 aromatic heterocycles. The Hall–Kier alpha value is -3.49. The number of hydrogen-bond acceptors (Lipinski definition) is 7. The monoisotopic (exact) mass is 375 g/mol. The van der Waals surface area contributed by atoms with Gasteiger partial charge in [-0.3, -0.25) is 14.9 Å². The highest BCUT2D eigenvalue weighted by Crippen LogP contribution is 2.38. The Kier molecular flexibility index (Phi) is 6.42. The molecule has 0 atom stereocenters. The Morgan fingerprint density at radius 1 is 1.07 bits per heavy atom. The van der Waals surface area contributed by atoms with Crippen LogP contribution in [0.25, 0.3) is 0 Å². The van der Waals surface area contributed by atoms with Gasteiger partial charge in [0, 0.05) is 31.4 Å². The summed E-state index contributed by atoms with van der Waals surface area (Å²) in [5, 5.41) is 16.6. The molecule has 2 aromatic rings. The quantitative estimate of drug-likeness (QED) is 0.539. The summed E-state index contributed by atoms with van der Waals surface area (Å²) in [6.45, 7) is 0.168. The highest BCUT2D eigenvalue weighted by molar-refractivity contribution is 6.00. The Morgan fingerprint density at radius 2 is 1.70 bits per heavy atom. The molecule has 0 fully saturated rings. The Labute approximate surface area is 156 Å². The fourth-order valence-corrected chi connectivity index (χ4v) is 2.57. The number of non-ortho nitro benzene ring substituents is 1. The van der Waals surface area contributed by atoms with Gasteiger partial charge >= 0.3 is 0 Å². The zero-order valence-electron chi connectivity index (χ0n) is 15.5. The fourth-order valence-electron chi connectivity index (χ4n) is 2.57. The highest BCUT2D eigenvalue weighted by Gasteiger charge is 2.17. The average molecular weight is 375 g/mol. The van der Waals surface area contributed by atoms with E-state index in [-0.39, 0.29) is 17.8 Å². The minimum absolute atomic E-state index is 0.160. The number of nitrogens with one attached hydrogen (secondary N) is 2. The topological polar surface area (TPSA) is 112 Å². The van der Waals surface area contributed by atoms with Gasteiger partial charge in [0.15, 0.2) is 11.5 Å². The molecular weight excluding hydrogens is 354 g/mol.